The second-order valence-corrected chi connectivity index (χ2v) is 6.53. The number of nitrogens with zero attached hydrogens (tertiary/aromatic N) is 1. The average Bonchev–Trinajstić information content (AvgIpc) is 3.00. The molecule has 3 unspecified atom stereocenters. The van der Waals surface area contributed by atoms with Gasteiger partial charge in [-0.25, -0.2) is 4.39 Å². The van der Waals surface area contributed by atoms with E-state index in [9.17, 15) is 9.18 Å². The first-order chi connectivity index (χ1) is 9.54. The minimum Gasteiger partial charge on any atom is -0.374 e. The molecule has 0 aliphatic heterocycles. The van der Waals surface area contributed by atoms with Gasteiger partial charge in [-0.1, -0.05) is 6.42 Å². The zero-order chi connectivity index (χ0) is 14.3. The number of carbonyl (C=O) groups is 1. The predicted octanol–water partition coefficient (Wildman–Crippen LogP) is 3.90. The highest BCUT2D eigenvalue weighted by molar-refractivity contribution is 5.99. The minimum atomic E-state index is -0.340. The van der Waals surface area contributed by atoms with Crippen molar-refractivity contribution in [3.8, 4) is 0 Å². The van der Waals surface area contributed by atoms with Gasteiger partial charge in [-0.15, -0.1) is 0 Å². The molecule has 20 heavy (non-hydrogen) atoms. The van der Waals surface area contributed by atoms with Gasteiger partial charge in [0.2, 0.25) is 0 Å². The summed E-state index contributed by atoms with van der Waals surface area (Å²) in [5.41, 5.74) is 1.36. The molecule has 0 saturated heterocycles. The Balaban J connectivity index is 1.77. The van der Waals surface area contributed by atoms with E-state index in [1.165, 1.54) is 44.7 Å². The van der Waals surface area contributed by atoms with E-state index < -0.39 is 0 Å². The Morgan fingerprint density at radius 2 is 2.15 bits per heavy atom. The molecule has 3 atom stereocenters. The van der Waals surface area contributed by atoms with Gasteiger partial charge >= 0.3 is 0 Å². The number of benzene rings is 1. The Bertz CT molecular complexity index is 528. The molecule has 0 heterocycles. The lowest BCUT2D eigenvalue weighted by Gasteiger charge is -2.29. The molecule has 2 aliphatic rings. The molecule has 0 amide bonds. The number of hydrogen-bond donors (Lipinski definition) is 0. The van der Waals surface area contributed by atoms with E-state index in [-0.39, 0.29) is 11.6 Å². The predicted molar refractivity (Wildman–Crippen MR) is 78.6 cm³/mol. The van der Waals surface area contributed by atoms with E-state index in [4.69, 9.17) is 0 Å². The van der Waals surface area contributed by atoms with Crippen LogP contribution in [0.25, 0.3) is 0 Å². The molecule has 2 bridgehead atoms. The minimum absolute atomic E-state index is 0.0701. The zero-order valence-electron chi connectivity index (χ0n) is 12.2. The quantitative estimate of drug-likeness (QED) is 0.777. The number of carbonyl (C=O) groups excluding carboxylic acids is 1. The molecule has 0 radical (unpaired) electrons. The molecule has 108 valence electrons. The highest BCUT2D eigenvalue weighted by Crippen LogP contribution is 2.48. The van der Waals surface area contributed by atoms with Gasteiger partial charge in [-0.2, -0.15) is 0 Å². The maximum Gasteiger partial charge on any atom is 0.161 e. The third-order valence-corrected chi connectivity index (χ3v) is 5.14. The molecule has 0 aromatic heterocycles. The summed E-state index contributed by atoms with van der Waals surface area (Å²) >= 11 is 0. The van der Waals surface area contributed by atoms with Crippen molar-refractivity contribution in [1.82, 2.24) is 0 Å². The van der Waals surface area contributed by atoms with Gasteiger partial charge in [0.25, 0.3) is 0 Å². The van der Waals surface area contributed by atoms with Crippen molar-refractivity contribution in [1.29, 1.82) is 0 Å². The molecule has 2 saturated carbocycles. The molecule has 1 aromatic rings. The number of hydrogen-bond acceptors (Lipinski definition) is 2. The third kappa shape index (κ3) is 2.46. The SMILES string of the molecule is CC(=O)c1cc(F)ccc1N(C)CC1CC2CCC1C2. The second kappa shape index (κ2) is 5.19. The van der Waals surface area contributed by atoms with Crippen LogP contribution in [0.15, 0.2) is 18.2 Å². The van der Waals surface area contributed by atoms with Gasteiger partial charge in [0.1, 0.15) is 5.82 Å². The summed E-state index contributed by atoms with van der Waals surface area (Å²) in [7, 11) is 2.02. The standard InChI is InChI=1S/C17H22FNO/c1-11(20)16-9-15(18)5-6-17(16)19(2)10-14-8-12-3-4-13(14)7-12/h5-6,9,12-14H,3-4,7-8,10H2,1-2H3. The zero-order valence-corrected chi connectivity index (χ0v) is 12.2. The molecule has 2 fully saturated rings. The summed E-state index contributed by atoms with van der Waals surface area (Å²) in [6.07, 6.45) is 5.49. The van der Waals surface area contributed by atoms with Crippen molar-refractivity contribution < 1.29 is 9.18 Å². The van der Waals surface area contributed by atoms with E-state index in [1.54, 1.807) is 6.07 Å². The topological polar surface area (TPSA) is 20.3 Å². The monoisotopic (exact) mass is 275 g/mol. The van der Waals surface area contributed by atoms with Crippen LogP contribution in [-0.4, -0.2) is 19.4 Å². The number of halogens is 1. The van der Waals surface area contributed by atoms with E-state index >= 15 is 0 Å². The summed E-state index contributed by atoms with van der Waals surface area (Å²) in [6.45, 7) is 2.48. The van der Waals surface area contributed by atoms with Crippen molar-refractivity contribution in [3.63, 3.8) is 0 Å². The van der Waals surface area contributed by atoms with E-state index in [0.29, 0.717) is 5.56 Å². The highest BCUT2D eigenvalue weighted by atomic mass is 19.1. The molecule has 1 aromatic carbocycles. The van der Waals surface area contributed by atoms with Crippen LogP contribution in [0.3, 0.4) is 0 Å². The summed E-state index contributed by atoms with van der Waals surface area (Å²) in [6, 6.07) is 4.54. The Morgan fingerprint density at radius 3 is 2.75 bits per heavy atom. The Morgan fingerprint density at radius 1 is 1.35 bits per heavy atom. The van der Waals surface area contributed by atoms with Crippen molar-refractivity contribution in [2.75, 3.05) is 18.5 Å². The van der Waals surface area contributed by atoms with Gasteiger partial charge in [-0.3, -0.25) is 4.79 Å². The van der Waals surface area contributed by atoms with E-state index in [2.05, 4.69) is 4.90 Å². The molecule has 2 nitrogen and oxygen atoms in total. The van der Waals surface area contributed by atoms with Gasteiger partial charge in [0.05, 0.1) is 0 Å². The molecule has 0 spiro atoms. The number of rotatable bonds is 4. The first-order valence-electron chi connectivity index (χ1n) is 7.56. The van der Waals surface area contributed by atoms with Crippen LogP contribution in [0.2, 0.25) is 0 Å². The average molecular weight is 275 g/mol. The van der Waals surface area contributed by atoms with Crippen LogP contribution in [0.5, 0.6) is 0 Å². The first kappa shape index (κ1) is 13.6. The molecule has 3 rings (SSSR count). The van der Waals surface area contributed by atoms with E-state index in [0.717, 1.165) is 30.0 Å². The number of ketones is 1. The Kier molecular flexibility index (Phi) is 3.53. The first-order valence-corrected chi connectivity index (χ1v) is 7.56. The van der Waals surface area contributed by atoms with Crippen LogP contribution in [0, 0.1) is 23.6 Å². The van der Waals surface area contributed by atoms with Crippen molar-refractivity contribution in [3.05, 3.63) is 29.6 Å². The van der Waals surface area contributed by atoms with Crippen LogP contribution >= 0.6 is 0 Å². The fraction of sp³-hybridized carbons (Fsp3) is 0.588. The molecular weight excluding hydrogens is 253 g/mol. The maximum absolute atomic E-state index is 13.3. The summed E-state index contributed by atoms with van der Waals surface area (Å²) in [5.74, 6) is 2.12. The molecular formula is C17H22FNO. The Hall–Kier alpha value is -1.38. The van der Waals surface area contributed by atoms with E-state index in [1.807, 2.05) is 7.05 Å². The van der Waals surface area contributed by atoms with Crippen LogP contribution in [0.1, 0.15) is 43.0 Å². The van der Waals surface area contributed by atoms with Crippen LogP contribution < -0.4 is 4.90 Å². The van der Waals surface area contributed by atoms with Crippen molar-refractivity contribution in [2.45, 2.75) is 32.6 Å². The van der Waals surface area contributed by atoms with Gasteiger partial charge in [-0.05, 0) is 62.1 Å². The fourth-order valence-electron chi connectivity index (χ4n) is 4.17. The number of fused-ring (bicyclic) bond motifs is 2. The molecule has 3 heteroatoms. The van der Waals surface area contributed by atoms with Crippen molar-refractivity contribution >= 4 is 11.5 Å². The smallest absolute Gasteiger partial charge is 0.161 e. The third-order valence-electron chi connectivity index (χ3n) is 5.14. The highest BCUT2D eigenvalue weighted by Gasteiger charge is 2.39. The summed E-state index contributed by atoms with van der Waals surface area (Å²) in [4.78, 5) is 13.8. The summed E-state index contributed by atoms with van der Waals surface area (Å²) < 4.78 is 13.3. The normalized spacial score (nSPS) is 27.9. The number of anilines is 1. The summed E-state index contributed by atoms with van der Waals surface area (Å²) in [5, 5.41) is 0. The largest absolute Gasteiger partial charge is 0.374 e. The second-order valence-electron chi connectivity index (χ2n) is 6.53. The lowest BCUT2D eigenvalue weighted by atomic mass is 9.88. The van der Waals surface area contributed by atoms with Gasteiger partial charge in [0, 0.05) is 24.8 Å². The van der Waals surface area contributed by atoms with Crippen molar-refractivity contribution in [2.24, 2.45) is 17.8 Å². The molecule has 2 aliphatic carbocycles. The maximum atomic E-state index is 13.3. The lowest BCUT2D eigenvalue weighted by molar-refractivity contribution is 0.101. The molecule has 0 N–H and O–H groups in total. The fourth-order valence-corrected chi connectivity index (χ4v) is 4.17. The van der Waals surface area contributed by atoms with Crippen LogP contribution in [-0.2, 0) is 0 Å². The lowest BCUT2D eigenvalue weighted by Crippen LogP contribution is -2.29. The Labute approximate surface area is 120 Å². The number of Topliss-reactive ketones (excluding diaryl/α,β-unsaturated/α-hetero) is 1. The van der Waals surface area contributed by atoms with Gasteiger partial charge < -0.3 is 4.90 Å². The van der Waals surface area contributed by atoms with Gasteiger partial charge in [0.15, 0.2) is 5.78 Å². The van der Waals surface area contributed by atoms with Crippen LogP contribution in [0.4, 0.5) is 10.1 Å².